The second-order valence-electron chi connectivity index (χ2n) is 3.43. The van der Waals surface area contributed by atoms with E-state index in [9.17, 15) is 0 Å². The Labute approximate surface area is 77.1 Å². The van der Waals surface area contributed by atoms with Crippen LogP contribution in [0.4, 0.5) is 0 Å². The second-order valence-corrected chi connectivity index (χ2v) is 3.43. The number of hydrogen-bond donors (Lipinski definition) is 1. The molecule has 66 valence electrons. The highest BCUT2D eigenvalue weighted by molar-refractivity contribution is 5.72. The molecule has 13 heavy (non-hydrogen) atoms. The van der Waals surface area contributed by atoms with Gasteiger partial charge < -0.3 is 0 Å². The molecule has 1 aliphatic carbocycles. The average molecular weight is 173 g/mol. The van der Waals surface area contributed by atoms with E-state index in [-0.39, 0.29) is 6.17 Å². The highest BCUT2D eigenvalue weighted by Crippen LogP contribution is 2.24. The Kier molecular flexibility index (Phi) is 1.40. The molecule has 0 saturated carbocycles. The summed E-state index contributed by atoms with van der Waals surface area (Å²) in [5.41, 5.74) is 0. The van der Waals surface area contributed by atoms with Gasteiger partial charge in [0, 0.05) is 6.21 Å². The molecule has 0 amide bonds. The molecular weight excluding hydrogens is 162 g/mol. The molecule has 0 aromatic heterocycles. The summed E-state index contributed by atoms with van der Waals surface area (Å²) < 4.78 is 0. The van der Waals surface area contributed by atoms with Crippen LogP contribution in [0.3, 0.4) is 0 Å². The molecule has 3 rings (SSSR count). The number of hydrazone groups is 1. The minimum atomic E-state index is 0.271. The van der Waals surface area contributed by atoms with Crippen LogP contribution < -0.4 is 5.32 Å². The average Bonchev–Trinajstić information content (AvgIpc) is 2.56. The topological polar surface area (TPSA) is 27.6 Å². The van der Waals surface area contributed by atoms with E-state index < -0.39 is 0 Å². The van der Waals surface area contributed by atoms with Crippen LogP contribution >= 0.6 is 0 Å². The first-order chi connectivity index (χ1) is 6.45. The molecule has 0 bridgehead atoms. The molecular formula is C10H11N3. The van der Waals surface area contributed by atoms with Crippen molar-refractivity contribution in [1.29, 1.82) is 0 Å². The smallest absolute Gasteiger partial charge is 0.117 e. The number of nitrogens with zero attached hydrogens (tertiary/aromatic N) is 2. The van der Waals surface area contributed by atoms with Crippen LogP contribution in [-0.4, -0.2) is 29.5 Å². The van der Waals surface area contributed by atoms with Gasteiger partial charge in [0.2, 0.25) is 0 Å². The Hall–Kier alpha value is -1.35. The molecule has 2 heterocycles. The van der Waals surface area contributed by atoms with Crippen molar-refractivity contribution in [2.75, 3.05) is 0 Å². The van der Waals surface area contributed by atoms with E-state index in [2.05, 4.69) is 45.8 Å². The monoisotopic (exact) mass is 173 g/mol. The highest BCUT2D eigenvalue weighted by Gasteiger charge is 2.37. The predicted octanol–water partition coefficient (Wildman–Crippen LogP) is 0.636. The van der Waals surface area contributed by atoms with Gasteiger partial charge in [0.1, 0.15) is 6.17 Å². The van der Waals surface area contributed by atoms with E-state index in [1.807, 2.05) is 12.3 Å². The van der Waals surface area contributed by atoms with Crippen LogP contribution in [0.1, 0.15) is 0 Å². The van der Waals surface area contributed by atoms with Crippen LogP contribution in [-0.2, 0) is 0 Å². The molecule has 3 atom stereocenters. The second kappa shape index (κ2) is 2.57. The fraction of sp³-hybridized carbons (Fsp3) is 0.300. The summed E-state index contributed by atoms with van der Waals surface area (Å²) in [6.07, 6.45) is 14.8. The largest absolute Gasteiger partial charge is 0.284 e. The number of allylic oxidation sites excluding steroid dienone is 3. The Morgan fingerprint density at radius 2 is 2.00 bits per heavy atom. The molecule has 1 N–H and O–H groups in total. The molecule has 0 spiro atoms. The lowest BCUT2D eigenvalue weighted by Gasteiger charge is -2.25. The summed E-state index contributed by atoms with van der Waals surface area (Å²) in [6.45, 7) is 0. The fourth-order valence-corrected chi connectivity index (χ4v) is 2.02. The third-order valence-electron chi connectivity index (χ3n) is 2.64. The summed E-state index contributed by atoms with van der Waals surface area (Å²) in [7, 11) is 0. The number of fused-ring (bicyclic) bond motifs is 3. The van der Waals surface area contributed by atoms with Gasteiger partial charge in [0.25, 0.3) is 0 Å². The lowest BCUT2D eigenvalue weighted by Crippen LogP contribution is -2.34. The zero-order chi connectivity index (χ0) is 8.67. The molecule has 1 fully saturated rings. The van der Waals surface area contributed by atoms with E-state index in [1.165, 1.54) is 0 Å². The number of hydrogen-bond acceptors (Lipinski definition) is 3. The highest BCUT2D eigenvalue weighted by atomic mass is 15.6. The minimum Gasteiger partial charge on any atom is -0.284 e. The maximum Gasteiger partial charge on any atom is 0.117 e. The Morgan fingerprint density at radius 3 is 3.00 bits per heavy atom. The molecule has 3 nitrogen and oxygen atoms in total. The minimum absolute atomic E-state index is 0.271. The summed E-state index contributed by atoms with van der Waals surface area (Å²) in [4.78, 5) is 0. The van der Waals surface area contributed by atoms with E-state index in [0.29, 0.717) is 12.1 Å². The van der Waals surface area contributed by atoms with E-state index in [4.69, 9.17) is 0 Å². The fourth-order valence-electron chi connectivity index (χ4n) is 2.02. The van der Waals surface area contributed by atoms with Crippen molar-refractivity contribution in [1.82, 2.24) is 10.3 Å². The standard InChI is InChI=1S/C10H11N3/c1-2-5-9-8(4-1)12-10-6-3-7-11-13(9)10/h1-10,12H. The van der Waals surface area contributed by atoms with Gasteiger partial charge in [-0.3, -0.25) is 10.3 Å². The third kappa shape index (κ3) is 0.971. The molecule has 2 aliphatic heterocycles. The summed E-state index contributed by atoms with van der Waals surface area (Å²) in [6, 6.07) is 0.797. The van der Waals surface area contributed by atoms with Crippen LogP contribution in [0, 0.1) is 0 Å². The van der Waals surface area contributed by atoms with Gasteiger partial charge in [-0.05, 0) is 12.2 Å². The lowest BCUT2D eigenvalue weighted by molar-refractivity contribution is 0.252. The maximum atomic E-state index is 4.35. The molecule has 0 aromatic rings. The normalized spacial score (nSPS) is 39.4. The predicted molar refractivity (Wildman–Crippen MR) is 52.3 cm³/mol. The van der Waals surface area contributed by atoms with Crippen molar-refractivity contribution in [3.05, 3.63) is 36.5 Å². The van der Waals surface area contributed by atoms with Crippen molar-refractivity contribution in [2.45, 2.75) is 18.2 Å². The molecule has 0 aromatic carbocycles. The summed E-state index contributed by atoms with van der Waals surface area (Å²) in [5.74, 6) is 0. The van der Waals surface area contributed by atoms with Gasteiger partial charge in [-0.1, -0.05) is 24.3 Å². The van der Waals surface area contributed by atoms with E-state index in [0.717, 1.165) is 0 Å². The Bertz CT molecular complexity index is 295. The maximum absolute atomic E-state index is 4.35. The van der Waals surface area contributed by atoms with Gasteiger partial charge in [-0.2, -0.15) is 5.10 Å². The first kappa shape index (κ1) is 7.09. The van der Waals surface area contributed by atoms with Crippen molar-refractivity contribution in [3.8, 4) is 0 Å². The van der Waals surface area contributed by atoms with Gasteiger partial charge in [0.05, 0.1) is 12.1 Å². The van der Waals surface area contributed by atoms with Crippen LogP contribution in [0.2, 0.25) is 0 Å². The SMILES string of the molecule is C1=CC2NC3C=CC=NN3C2C=C1. The zero-order valence-corrected chi connectivity index (χ0v) is 7.17. The van der Waals surface area contributed by atoms with E-state index in [1.54, 1.807) is 0 Å². The molecule has 0 radical (unpaired) electrons. The number of nitrogens with one attached hydrogen (secondary N) is 1. The van der Waals surface area contributed by atoms with Gasteiger partial charge in [0.15, 0.2) is 0 Å². The van der Waals surface area contributed by atoms with Crippen molar-refractivity contribution in [3.63, 3.8) is 0 Å². The molecule has 3 heteroatoms. The molecule has 3 aliphatic rings. The van der Waals surface area contributed by atoms with Gasteiger partial charge in [-0.15, -0.1) is 0 Å². The van der Waals surface area contributed by atoms with Gasteiger partial charge in [-0.25, -0.2) is 0 Å². The van der Waals surface area contributed by atoms with Gasteiger partial charge >= 0.3 is 0 Å². The quantitative estimate of drug-likeness (QED) is 0.582. The van der Waals surface area contributed by atoms with E-state index >= 15 is 0 Å². The molecule has 3 unspecified atom stereocenters. The lowest BCUT2D eigenvalue weighted by atomic mass is 10.1. The summed E-state index contributed by atoms with van der Waals surface area (Å²) >= 11 is 0. The third-order valence-corrected chi connectivity index (χ3v) is 2.64. The van der Waals surface area contributed by atoms with Crippen molar-refractivity contribution in [2.24, 2.45) is 5.10 Å². The number of rotatable bonds is 0. The Balaban J connectivity index is 1.95. The zero-order valence-electron chi connectivity index (χ0n) is 7.17. The van der Waals surface area contributed by atoms with Crippen molar-refractivity contribution < 1.29 is 0 Å². The molecule has 1 saturated heterocycles. The first-order valence-corrected chi connectivity index (χ1v) is 4.55. The first-order valence-electron chi connectivity index (χ1n) is 4.55. The van der Waals surface area contributed by atoms with Crippen LogP contribution in [0.15, 0.2) is 41.6 Å². The van der Waals surface area contributed by atoms with Crippen molar-refractivity contribution >= 4 is 6.21 Å². The van der Waals surface area contributed by atoms with Crippen LogP contribution in [0.25, 0.3) is 0 Å². The van der Waals surface area contributed by atoms with Crippen LogP contribution in [0.5, 0.6) is 0 Å². The summed E-state index contributed by atoms with van der Waals surface area (Å²) in [5, 5.41) is 9.93. The Morgan fingerprint density at radius 1 is 1.08 bits per heavy atom.